The number of ether oxygens (including phenoxy) is 1. The molecule has 120 valence electrons. The molecule has 10 heteroatoms. The third-order valence-corrected chi connectivity index (χ3v) is 4.39. The molecule has 4 N–H and O–H groups in total. The second-order valence-corrected chi connectivity index (χ2v) is 5.78. The lowest BCUT2D eigenvalue weighted by atomic mass is 10.1. The van der Waals surface area contributed by atoms with Crippen molar-refractivity contribution in [3.8, 4) is 0 Å². The van der Waals surface area contributed by atoms with Crippen LogP contribution in [0.4, 0.5) is 5.82 Å². The van der Waals surface area contributed by atoms with Crippen molar-refractivity contribution in [3.63, 3.8) is 0 Å². The molecular weight excluding hydrogens is 405 g/mol. The molecule has 0 bridgehead atoms. The first-order chi connectivity index (χ1) is 10.7. The van der Waals surface area contributed by atoms with Crippen LogP contribution in [0.2, 0.25) is 0 Å². The Morgan fingerprint density at radius 2 is 2.09 bits per heavy atom. The van der Waals surface area contributed by atoms with E-state index in [1.807, 2.05) is 0 Å². The largest absolute Gasteiger partial charge is 0.395 e. The Morgan fingerprint density at radius 1 is 1.27 bits per heavy atom. The number of aliphatic hydroxyl groups is 3. The van der Waals surface area contributed by atoms with E-state index in [9.17, 15) is 10.2 Å². The van der Waals surface area contributed by atoms with Crippen molar-refractivity contribution in [3.05, 3.63) is 12.7 Å². The monoisotopic (exact) mass is 421 g/mol. The maximum absolute atomic E-state index is 10.2. The summed E-state index contributed by atoms with van der Waals surface area (Å²) in [5.74, 6) is 0.497. The first-order valence-corrected chi connectivity index (χ1v) is 8.29. The molecule has 0 aliphatic carbocycles. The van der Waals surface area contributed by atoms with Gasteiger partial charge in [0.1, 0.15) is 18.5 Å². The minimum atomic E-state index is -1.05. The van der Waals surface area contributed by atoms with E-state index in [1.54, 1.807) is 4.57 Å². The Hall–Kier alpha value is -1.08. The summed E-state index contributed by atoms with van der Waals surface area (Å²) in [5.41, 5.74) is 1.000. The Labute approximate surface area is 139 Å². The minimum Gasteiger partial charge on any atom is -0.395 e. The molecule has 0 spiro atoms. The molecule has 4 atom stereocenters. The molecule has 0 radical (unpaired) electrons. The van der Waals surface area contributed by atoms with Crippen molar-refractivity contribution in [2.75, 3.05) is 22.9 Å². The van der Waals surface area contributed by atoms with Gasteiger partial charge in [-0.1, -0.05) is 22.6 Å². The standard InChI is InChI=1S/C12H16IN5O4/c13-3-6-8(20)9(21)12(22-6)18-5-17-7-10(14-1-2-19)15-4-16-11(7)18/h4-6,8-9,12,19-21H,1-3H2,(H,14,15,16)/t6-,8?,9+,12-/m1/s1. The van der Waals surface area contributed by atoms with Crippen LogP contribution in [-0.2, 0) is 4.74 Å². The van der Waals surface area contributed by atoms with Gasteiger partial charge in [0.2, 0.25) is 0 Å². The molecule has 2 aromatic rings. The molecule has 1 unspecified atom stereocenters. The molecule has 22 heavy (non-hydrogen) atoms. The third kappa shape index (κ3) is 2.65. The normalized spacial score (nSPS) is 28.4. The molecular formula is C12H16IN5O4. The Kier molecular flexibility index (Phi) is 4.73. The van der Waals surface area contributed by atoms with Gasteiger partial charge in [-0.3, -0.25) is 4.57 Å². The maximum Gasteiger partial charge on any atom is 0.167 e. The number of aliphatic hydroxyl groups excluding tert-OH is 3. The number of halogens is 1. The summed E-state index contributed by atoms with van der Waals surface area (Å²) in [7, 11) is 0. The van der Waals surface area contributed by atoms with Gasteiger partial charge in [0, 0.05) is 11.0 Å². The van der Waals surface area contributed by atoms with Gasteiger partial charge in [-0.05, 0) is 0 Å². The molecule has 1 saturated heterocycles. The van der Waals surface area contributed by atoms with Crippen LogP contribution in [0.1, 0.15) is 6.23 Å². The molecule has 0 saturated carbocycles. The van der Waals surface area contributed by atoms with E-state index in [4.69, 9.17) is 9.84 Å². The van der Waals surface area contributed by atoms with Crippen molar-refractivity contribution >= 4 is 39.6 Å². The summed E-state index contributed by atoms with van der Waals surface area (Å²) in [6, 6.07) is 0. The molecule has 0 aromatic carbocycles. The topological polar surface area (TPSA) is 126 Å². The molecule has 1 aliphatic rings. The quantitative estimate of drug-likeness (QED) is 0.369. The summed E-state index contributed by atoms with van der Waals surface area (Å²) in [6.45, 7) is 0.317. The van der Waals surface area contributed by atoms with Crippen molar-refractivity contribution < 1.29 is 20.1 Å². The average molecular weight is 421 g/mol. The van der Waals surface area contributed by atoms with Crippen molar-refractivity contribution in [1.29, 1.82) is 0 Å². The molecule has 3 heterocycles. The van der Waals surface area contributed by atoms with E-state index in [1.165, 1.54) is 12.7 Å². The van der Waals surface area contributed by atoms with Gasteiger partial charge in [-0.15, -0.1) is 0 Å². The van der Waals surface area contributed by atoms with Gasteiger partial charge in [0.05, 0.1) is 19.0 Å². The lowest BCUT2D eigenvalue weighted by molar-refractivity contribution is -0.0283. The SMILES string of the molecule is OCCNc1ncnc2c1ncn2[C@@H]1O[C@H](CI)C(O)[C@@H]1O. The van der Waals surface area contributed by atoms with E-state index < -0.39 is 24.5 Å². The Bertz CT molecular complexity index is 653. The highest BCUT2D eigenvalue weighted by Crippen LogP contribution is 2.32. The maximum atomic E-state index is 10.2. The van der Waals surface area contributed by atoms with Crippen LogP contribution in [0.25, 0.3) is 11.2 Å². The number of nitrogens with zero attached hydrogens (tertiary/aromatic N) is 4. The minimum absolute atomic E-state index is 0.0276. The number of alkyl halides is 1. The predicted octanol–water partition coefficient (Wildman–Crippen LogP) is -0.715. The fourth-order valence-electron chi connectivity index (χ4n) is 2.43. The summed E-state index contributed by atoms with van der Waals surface area (Å²) < 4.78 is 7.85. The van der Waals surface area contributed by atoms with Crippen LogP contribution in [-0.4, -0.2) is 70.7 Å². The Morgan fingerprint density at radius 3 is 2.77 bits per heavy atom. The van der Waals surface area contributed by atoms with E-state index in [0.717, 1.165) is 0 Å². The van der Waals surface area contributed by atoms with Gasteiger partial charge in [0.25, 0.3) is 0 Å². The number of hydrogen-bond acceptors (Lipinski definition) is 8. The van der Waals surface area contributed by atoms with E-state index in [2.05, 4.69) is 42.9 Å². The summed E-state index contributed by atoms with van der Waals surface area (Å²) in [6.07, 6.45) is -0.325. The fourth-order valence-corrected chi connectivity index (χ4v) is 3.16. The molecule has 3 rings (SSSR count). The van der Waals surface area contributed by atoms with Gasteiger partial charge in [-0.2, -0.15) is 0 Å². The van der Waals surface area contributed by atoms with Crippen LogP contribution in [0.15, 0.2) is 12.7 Å². The van der Waals surface area contributed by atoms with Crippen molar-refractivity contribution in [2.24, 2.45) is 0 Å². The van der Waals surface area contributed by atoms with E-state index in [-0.39, 0.29) is 6.61 Å². The molecule has 9 nitrogen and oxygen atoms in total. The van der Waals surface area contributed by atoms with Gasteiger partial charge < -0.3 is 25.4 Å². The van der Waals surface area contributed by atoms with Crippen molar-refractivity contribution in [1.82, 2.24) is 19.5 Å². The number of hydrogen-bond donors (Lipinski definition) is 4. The summed E-state index contributed by atoms with van der Waals surface area (Å²) in [5, 5.41) is 32.0. The lowest BCUT2D eigenvalue weighted by Gasteiger charge is -2.16. The second kappa shape index (κ2) is 6.58. The Balaban J connectivity index is 1.95. The first kappa shape index (κ1) is 15.8. The third-order valence-electron chi connectivity index (χ3n) is 3.53. The highest BCUT2D eigenvalue weighted by Gasteiger charge is 2.43. The molecule has 1 aliphatic heterocycles. The highest BCUT2D eigenvalue weighted by molar-refractivity contribution is 14.1. The number of rotatable bonds is 5. The number of aromatic nitrogens is 4. The van der Waals surface area contributed by atoms with Crippen LogP contribution in [0.5, 0.6) is 0 Å². The average Bonchev–Trinajstić information content (AvgIpc) is 3.08. The first-order valence-electron chi connectivity index (χ1n) is 6.77. The lowest BCUT2D eigenvalue weighted by Crippen LogP contribution is -2.32. The number of anilines is 1. The highest BCUT2D eigenvalue weighted by atomic mass is 127. The molecule has 1 fully saturated rings. The van der Waals surface area contributed by atoms with Crippen LogP contribution in [0, 0.1) is 0 Å². The number of imidazole rings is 1. The van der Waals surface area contributed by atoms with Crippen molar-refractivity contribution in [2.45, 2.75) is 24.5 Å². The van der Waals surface area contributed by atoms with Gasteiger partial charge >= 0.3 is 0 Å². The zero-order valence-electron chi connectivity index (χ0n) is 11.5. The van der Waals surface area contributed by atoms with Gasteiger partial charge in [0.15, 0.2) is 23.2 Å². The van der Waals surface area contributed by atoms with E-state index in [0.29, 0.717) is 28.0 Å². The zero-order valence-corrected chi connectivity index (χ0v) is 13.7. The van der Waals surface area contributed by atoms with Crippen LogP contribution in [0.3, 0.4) is 0 Å². The predicted molar refractivity (Wildman–Crippen MR) is 85.7 cm³/mol. The number of nitrogens with one attached hydrogen (secondary N) is 1. The zero-order chi connectivity index (χ0) is 15.7. The van der Waals surface area contributed by atoms with Crippen LogP contribution >= 0.6 is 22.6 Å². The fraction of sp³-hybridized carbons (Fsp3) is 0.583. The summed E-state index contributed by atoms with van der Waals surface area (Å²) >= 11 is 2.10. The van der Waals surface area contributed by atoms with Crippen LogP contribution < -0.4 is 5.32 Å². The molecule has 2 aromatic heterocycles. The van der Waals surface area contributed by atoms with E-state index >= 15 is 0 Å². The summed E-state index contributed by atoms with van der Waals surface area (Å²) in [4.78, 5) is 12.5. The smallest absolute Gasteiger partial charge is 0.167 e. The van der Waals surface area contributed by atoms with Gasteiger partial charge in [-0.25, -0.2) is 15.0 Å². The number of fused-ring (bicyclic) bond motifs is 1. The molecule has 0 amide bonds. The second-order valence-electron chi connectivity index (χ2n) is 4.90.